The predicted octanol–water partition coefficient (Wildman–Crippen LogP) is 3.64. The molecule has 0 bridgehead atoms. The number of hydrogen-bond donors (Lipinski definition) is 2. The molecule has 0 aliphatic carbocycles. The van der Waals surface area contributed by atoms with Crippen molar-refractivity contribution in [2.45, 2.75) is 32.4 Å². The van der Waals surface area contributed by atoms with Gasteiger partial charge in [-0.1, -0.05) is 25.5 Å². The molecule has 130 valence electrons. The number of alkyl halides is 3. The summed E-state index contributed by atoms with van der Waals surface area (Å²) in [5, 5.41) is 5.33. The van der Waals surface area contributed by atoms with Gasteiger partial charge in [0.05, 0.1) is 6.54 Å². The fraction of sp³-hybridized carbons (Fsp3) is 0.562. The number of anilines is 1. The van der Waals surface area contributed by atoms with Crippen molar-refractivity contribution in [1.82, 2.24) is 10.2 Å². The minimum absolute atomic E-state index is 0.269. The first kappa shape index (κ1) is 19.3. The van der Waals surface area contributed by atoms with Crippen LogP contribution in [-0.2, 0) is 6.42 Å². The van der Waals surface area contributed by atoms with E-state index in [-0.39, 0.29) is 12.6 Å². The van der Waals surface area contributed by atoms with E-state index in [1.807, 2.05) is 24.3 Å². The Morgan fingerprint density at radius 1 is 1.22 bits per heavy atom. The molecule has 0 saturated carbocycles. The largest absolute Gasteiger partial charge is 0.401 e. The topological polar surface area (TPSA) is 44.4 Å². The smallest absolute Gasteiger partial charge is 0.338 e. The average Bonchev–Trinajstić information content (AvgIpc) is 2.44. The Morgan fingerprint density at radius 2 is 1.87 bits per heavy atom. The highest BCUT2D eigenvalue weighted by molar-refractivity contribution is 5.89. The molecule has 0 heterocycles. The molecule has 1 aromatic carbocycles. The van der Waals surface area contributed by atoms with E-state index in [9.17, 15) is 18.0 Å². The highest BCUT2D eigenvalue weighted by atomic mass is 19.4. The maximum Gasteiger partial charge on any atom is 0.401 e. The van der Waals surface area contributed by atoms with Gasteiger partial charge in [-0.3, -0.25) is 4.90 Å². The number of aryl methyl sites for hydroxylation is 1. The Morgan fingerprint density at radius 3 is 2.43 bits per heavy atom. The number of rotatable bonds is 8. The molecule has 0 unspecified atom stereocenters. The normalized spacial score (nSPS) is 11.6. The zero-order chi connectivity index (χ0) is 17.3. The number of urea groups is 1. The molecule has 0 atom stereocenters. The molecule has 23 heavy (non-hydrogen) atoms. The zero-order valence-electron chi connectivity index (χ0n) is 13.5. The minimum Gasteiger partial charge on any atom is -0.338 e. The van der Waals surface area contributed by atoms with Gasteiger partial charge in [-0.15, -0.1) is 0 Å². The van der Waals surface area contributed by atoms with E-state index >= 15 is 0 Å². The van der Waals surface area contributed by atoms with Crippen LogP contribution >= 0.6 is 0 Å². The van der Waals surface area contributed by atoms with Gasteiger partial charge in [-0.2, -0.15) is 13.2 Å². The summed E-state index contributed by atoms with van der Waals surface area (Å²) in [4.78, 5) is 12.9. The van der Waals surface area contributed by atoms with E-state index in [0.29, 0.717) is 18.7 Å². The number of carbonyl (C=O) groups excluding carboxylic acids is 1. The van der Waals surface area contributed by atoms with Crippen LogP contribution in [-0.4, -0.2) is 43.8 Å². The maximum absolute atomic E-state index is 12.1. The van der Waals surface area contributed by atoms with Crippen molar-refractivity contribution < 1.29 is 18.0 Å². The lowest BCUT2D eigenvalue weighted by Gasteiger charge is -2.18. The van der Waals surface area contributed by atoms with E-state index in [1.165, 1.54) is 17.5 Å². The highest BCUT2D eigenvalue weighted by Crippen LogP contribution is 2.15. The SMILES string of the molecule is CCCc1ccc(NC(=O)NCCCN(C)CC(F)(F)F)cc1. The molecule has 2 amide bonds. The number of amides is 2. The molecule has 2 N–H and O–H groups in total. The van der Waals surface area contributed by atoms with Gasteiger partial charge in [-0.05, 0) is 44.1 Å². The molecular weight excluding hydrogens is 307 g/mol. The fourth-order valence-electron chi connectivity index (χ4n) is 2.15. The van der Waals surface area contributed by atoms with Crippen LogP contribution in [0.15, 0.2) is 24.3 Å². The van der Waals surface area contributed by atoms with E-state index < -0.39 is 12.7 Å². The van der Waals surface area contributed by atoms with Crippen molar-refractivity contribution in [2.24, 2.45) is 0 Å². The number of hydrogen-bond acceptors (Lipinski definition) is 2. The van der Waals surface area contributed by atoms with Gasteiger partial charge in [0.15, 0.2) is 0 Å². The van der Waals surface area contributed by atoms with E-state index in [0.717, 1.165) is 12.8 Å². The number of benzene rings is 1. The Bertz CT molecular complexity index is 474. The van der Waals surface area contributed by atoms with E-state index in [1.54, 1.807) is 0 Å². The second-order valence-corrected chi connectivity index (χ2v) is 5.53. The van der Waals surface area contributed by atoms with E-state index in [2.05, 4.69) is 17.6 Å². The van der Waals surface area contributed by atoms with Gasteiger partial charge >= 0.3 is 12.2 Å². The summed E-state index contributed by atoms with van der Waals surface area (Å²) < 4.78 is 36.4. The first-order chi connectivity index (χ1) is 10.8. The van der Waals surface area contributed by atoms with Gasteiger partial charge in [0.2, 0.25) is 0 Å². The maximum atomic E-state index is 12.1. The average molecular weight is 331 g/mol. The molecular formula is C16H24F3N3O. The van der Waals surface area contributed by atoms with Crippen LogP contribution in [0.4, 0.5) is 23.7 Å². The molecule has 0 saturated heterocycles. The summed E-state index contributed by atoms with van der Waals surface area (Å²) in [5.74, 6) is 0. The van der Waals surface area contributed by atoms with Crippen molar-refractivity contribution >= 4 is 11.7 Å². The lowest BCUT2D eigenvalue weighted by molar-refractivity contribution is -0.143. The van der Waals surface area contributed by atoms with Crippen molar-refractivity contribution in [3.05, 3.63) is 29.8 Å². The Kier molecular flexibility index (Phi) is 7.88. The summed E-state index contributed by atoms with van der Waals surface area (Å²) in [5.41, 5.74) is 1.91. The summed E-state index contributed by atoms with van der Waals surface area (Å²) in [6.07, 6.45) is -1.67. The fourth-order valence-corrected chi connectivity index (χ4v) is 2.15. The second-order valence-electron chi connectivity index (χ2n) is 5.53. The van der Waals surface area contributed by atoms with Crippen LogP contribution in [0.1, 0.15) is 25.3 Å². The molecule has 0 spiro atoms. The van der Waals surface area contributed by atoms with Gasteiger partial charge in [-0.25, -0.2) is 4.79 Å². The third-order valence-corrected chi connectivity index (χ3v) is 3.20. The Hall–Kier alpha value is -1.76. The summed E-state index contributed by atoms with van der Waals surface area (Å²) in [7, 11) is 1.41. The molecule has 7 heteroatoms. The quantitative estimate of drug-likeness (QED) is 0.714. The first-order valence-corrected chi connectivity index (χ1v) is 7.69. The number of carbonyl (C=O) groups is 1. The third kappa shape index (κ3) is 9.07. The van der Waals surface area contributed by atoms with Crippen molar-refractivity contribution in [3.8, 4) is 0 Å². The molecule has 1 rings (SSSR count). The molecule has 0 aromatic heterocycles. The molecule has 0 radical (unpaired) electrons. The molecule has 1 aromatic rings. The van der Waals surface area contributed by atoms with E-state index in [4.69, 9.17) is 0 Å². The van der Waals surface area contributed by atoms with Gasteiger partial charge < -0.3 is 10.6 Å². The van der Waals surface area contributed by atoms with Crippen LogP contribution in [0.25, 0.3) is 0 Å². The highest BCUT2D eigenvalue weighted by Gasteiger charge is 2.28. The predicted molar refractivity (Wildman–Crippen MR) is 85.6 cm³/mol. The van der Waals surface area contributed by atoms with Crippen molar-refractivity contribution in [2.75, 3.05) is 32.0 Å². The monoisotopic (exact) mass is 331 g/mol. The van der Waals surface area contributed by atoms with Crippen LogP contribution in [0, 0.1) is 0 Å². The van der Waals surface area contributed by atoms with Crippen molar-refractivity contribution in [1.29, 1.82) is 0 Å². The molecule has 4 nitrogen and oxygen atoms in total. The summed E-state index contributed by atoms with van der Waals surface area (Å²) in [6, 6.07) is 7.24. The molecule has 0 fully saturated rings. The van der Waals surface area contributed by atoms with Gasteiger partial charge in [0.25, 0.3) is 0 Å². The van der Waals surface area contributed by atoms with Gasteiger partial charge in [0.1, 0.15) is 0 Å². The van der Waals surface area contributed by atoms with Gasteiger partial charge in [0, 0.05) is 12.2 Å². The minimum atomic E-state index is -4.19. The van der Waals surface area contributed by atoms with Crippen LogP contribution < -0.4 is 10.6 Å². The zero-order valence-corrected chi connectivity index (χ0v) is 13.5. The third-order valence-electron chi connectivity index (χ3n) is 3.20. The number of nitrogens with zero attached hydrogens (tertiary/aromatic N) is 1. The summed E-state index contributed by atoms with van der Waals surface area (Å²) in [6.45, 7) is 1.75. The van der Waals surface area contributed by atoms with Crippen molar-refractivity contribution in [3.63, 3.8) is 0 Å². The lowest BCUT2D eigenvalue weighted by Crippen LogP contribution is -2.34. The number of halogens is 3. The van der Waals surface area contributed by atoms with Crippen LogP contribution in [0.5, 0.6) is 0 Å². The van der Waals surface area contributed by atoms with Crippen LogP contribution in [0.2, 0.25) is 0 Å². The standard InChI is InChI=1S/C16H24F3N3O/c1-3-5-13-6-8-14(9-7-13)21-15(23)20-10-4-11-22(2)12-16(17,18)19/h6-9H,3-5,10-12H2,1-2H3,(H2,20,21,23). The summed E-state index contributed by atoms with van der Waals surface area (Å²) >= 11 is 0. The first-order valence-electron chi connectivity index (χ1n) is 7.69. The second kappa shape index (κ2) is 9.39. The number of nitrogens with one attached hydrogen (secondary N) is 2. The lowest BCUT2D eigenvalue weighted by atomic mass is 10.1. The van der Waals surface area contributed by atoms with Crippen LogP contribution in [0.3, 0.4) is 0 Å². The Balaban J connectivity index is 2.21. The Labute approximate surface area is 135 Å². The molecule has 0 aliphatic rings. The molecule has 0 aliphatic heterocycles.